The highest BCUT2D eigenvalue weighted by Crippen LogP contribution is 2.22. The van der Waals surface area contributed by atoms with Gasteiger partial charge in [-0.25, -0.2) is 0 Å². The number of anilines is 1. The number of rotatable bonds is 5. The molecule has 1 heterocycles. The fourth-order valence-corrected chi connectivity index (χ4v) is 2.42. The number of benzene rings is 2. The maximum Gasteiger partial charge on any atom is 0.224 e. The predicted molar refractivity (Wildman–Crippen MR) is 95.5 cm³/mol. The van der Waals surface area contributed by atoms with Crippen LogP contribution in [-0.4, -0.2) is 5.91 Å². The summed E-state index contributed by atoms with van der Waals surface area (Å²) in [6.45, 7) is 0. The molecule has 3 aromatic rings. The van der Waals surface area contributed by atoms with Gasteiger partial charge < -0.3 is 9.73 Å². The number of carbonyl (C=O) groups is 1. The van der Waals surface area contributed by atoms with E-state index in [2.05, 4.69) is 11.2 Å². The van der Waals surface area contributed by atoms with Gasteiger partial charge in [-0.1, -0.05) is 42.3 Å². The Kier molecular flexibility index (Phi) is 4.78. The van der Waals surface area contributed by atoms with Gasteiger partial charge in [0, 0.05) is 29.7 Å². The summed E-state index contributed by atoms with van der Waals surface area (Å²) >= 11 is 0. The van der Waals surface area contributed by atoms with E-state index in [9.17, 15) is 4.79 Å². The summed E-state index contributed by atoms with van der Waals surface area (Å²) in [5, 5.41) is 2.85. The van der Waals surface area contributed by atoms with E-state index in [4.69, 9.17) is 10.8 Å². The van der Waals surface area contributed by atoms with Crippen molar-refractivity contribution in [1.82, 2.24) is 0 Å². The number of furan rings is 1. The zero-order chi connectivity index (χ0) is 16.8. The van der Waals surface area contributed by atoms with Gasteiger partial charge in [0.2, 0.25) is 5.91 Å². The van der Waals surface area contributed by atoms with Crippen molar-refractivity contribution in [2.24, 2.45) is 0 Å². The van der Waals surface area contributed by atoms with Crippen LogP contribution in [0.5, 0.6) is 0 Å². The summed E-state index contributed by atoms with van der Waals surface area (Å²) in [6, 6.07) is 21.0. The van der Waals surface area contributed by atoms with Crippen LogP contribution in [0.15, 0.2) is 71.1 Å². The first-order valence-electron chi connectivity index (χ1n) is 7.75. The third kappa shape index (κ3) is 3.93. The van der Waals surface area contributed by atoms with E-state index in [-0.39, 0.29) is 5.91 Å². The van der Waals surface area contributed by atoms with Crippen molar-refractivity contribution in [3.8, 4) is 23.7 Å². The third-order valence-electron chi connectivity index (χ3n) is 3.63. The van der Waals surface area contributed by atoms with E-state index in [0.717, 1.165) is 22.6 Å². The van der Waals surface area contributed by atoms with Crippen LogP contribution >= 0.6 is 0 Å². The molecule has 24 heavy (non-hydrogen) atoms. The van der Waals surface area contributed by atoms with Gasteiger partial charge in [0.15, 0.2) is 0 Å². The summed E-state index contributed by atoms with van der Waals surface area (Å²) in [7, 11) is 0. The van der Waals surface area contributed by atoms with E-state index in [0.29, 0.717) is 18.5 Å². The Labute approximate surface area is 141 Å². The number of hydrogen-bond donors (Lipinski definition) is 1. The maximum absolute atomic E-state index is 12.1. The molecule has 3 heteroatoms. The molecule has 1 amide bonds. The summed E-state index contributed by atoms with van der Waals surface area (Å²) in [6.07, 6.45) is 6.26. The van der Waals surface area contributed by atoms with Crippen LogP contribution in [0.3, 0.4) is 0 Å². The second-order valence-corrected chi connectivity index (χ2v) is 5.41. The van der Waals surface area contributed by atoms with Crippen molar-refractivity contribution in [3.05, 3.63) is 78.1 Å². The largest absolute Gasteiger partial charge is 0.461 e. The van der Waals surface area contributed by atoms with Crippen LogP contribution in [0.4, 0.5) is 5.69 Å². The van der Waals surface area contributed by atoms with Gasteiger partial charge in [-0.2, -0.15) is 0 Å². The molecule has 0 fully saturated rings. The van der Waals surface area contributed by atoms with E-state index in [1.165, 1.54) is 0 Å². The van der Waals surface area contributed by atoms with Crippen LogP contribution in [0.2, 0.25) is 0 Å². The number of terminal acetylenes is 1. The van der Waals surface area contributed by atoms with Gasteiger partial charge in [-0.15, -0.1) is 6.42 Å². The minimum absolute atomic E-state index is 0.0677. The quantitative estimate of drug-likeness (QED) is 0.704. The van der Waals surface area contributed by atoms with Crippen LogP contribution in [0.25, 0.3) is 11.3 Å². The predicted octanol–water partition coefficient (Wildman–Crippen LogP) is 4.50. The number of carbonyl (C=O) groups excluding carboxylic acids is 1. The van der Waals surface area contributed by atoms with Crippen LogP contribution < -0.4 is 5.32 Å². The average Bonchev–Trinajstić information content (AvgIpc) is 3.10. The Balaban J connectivity index is 1.57. The van der Waals surface area contributed by atoms with Crippen molar-refractivity contribution in [3.63, 3.8) is 0 Å². The molecule has 0 aliphatic rings. The van der Waals surface area contributed by atoms with E-state index in [1.807, 2.05) is 60.7 Å². The summed E-state index contributed by atoms with van der Waals surface area (Å²) < 4.78 is 5.80. The highest BCUT2D eigenvalue weighted by Gasteiger charge is 2.08. The van der Waals surface area contributed by atoms with Crippen molar-refractivity contribution in [1.29, 1.82) is 0 Å². The molecule has 0 radical (unpaired) electrons. The number of hydrogen-bond acceptors (Lipinski definition) is 2. The molecule has 0 saturated carbocycles. The van der Waals surface area contributed by atoms with Crippen molar-refractivity contribution < 1.29 is 9.21 Å². The highest BCUT2D eigenvalue weighted by molar-refractivity contribution is 5.91. The molecule has 0 aliphatic heterocycles. The van der Waals surface area contributed by atoms with Gasteiger partial charge in [0.05, 0.1) is 0 Å². The number of amides is 1. The lowest BCUT2D eigenvalue weighted by Crippen LogP contribution is -2.12. The normalized spacial score (nSPS) is 10.1. The Morgan fingerprint density at radius 3 is 2.67 bits per heavy atom. The zero-order valence-corrected chi connectivity index (χ0v) is 13.2. The molecular weight excluding hydrogens is 298 g/mol. The third-order valence-corrected chi connectivity index (χ3v) is 3.63. The number of aryl methyl sites for hydroxylation is 1. The van der Waals surface area contributed by atoms with Crippen molar-refractivity contribution in [2.45, 2.75) is 12.8 Å². The lowest BCUT2D eigenvalue weighted by atomic mass is 10.2. The molecule has 0 aliphatic carbocycles. The standard InChI is InChI=1S/C21H17NO2/c1-2-16-7-6-10-18(15-16)22-21(23)14-12-19-11-13-20(24-19)17-8-4-3-5-9-17/h1,3-11,13,15H,12,14H2,(H,22,23). The smallest absolute Gasteiger partial charge is 0.224 e. The first kappa shape index (κ1) is 15.6. The van der Waals surface area contributed by atoms with Crippen molar-refractivity contribution in [2.75, 3.05) is 5.32 Å². The SMILES string of the molecule is C#Cc1cccc(NC(=O)CCc2ccc(-c3ccccc3)o2)c1. The molecule has 0 bridgehead atoms. The number of nitrogens with one attached hydrogen (secondary N) is 1. The molecule has 0 saturated heterocycles. The highest BCUT2D eigenvalue weighted by atomic mass is 16.3. The first-order valence-corrected chi connectivity index (χ1v) is 7.75. The van der Waals surface area contributed by atoms with Gasteiger partial charge in [-0.3, -0.25) is 4.79 Å². The topological polar surface area (TPSA) is 42.2 Å². The Morgan fingerprint density at radius 2 is 1.88 bits per heavy atom. The second-order valence-electron chi connectivity index (χ2n) is 5.41. The molecule has 0 spiro atoms. The summed E-state index contributed by atoms with van der Waals surface area (Å²) in [5.74, 6) is 4.09. The molecule has 118 valence electrons. The fourth-order valence-electron chi connectivity index (χ4n) is 2.42. The van der Waals surface area contributed by atoms with Gasteiger partial charge in [-0.05, 0) is 30.3 Å². The summed E-state index contributed by atoms with van der Waals surface area (Å²) in [4.78, 5) is 12.1. The van der Waals surface area contributed by atoms with E-state index >= 15 is 0 Å². The Bertz CT molecular complexity index is 872. The van der Waals surface area contributed by atoms with E-state index in [1.54, 1.807) is 6.07 Å². The monoisotopic (exact) mass is 315 g/mol. The van der Waals surface area contributed by atoms with Crippen LogP contribution in [0.1, 0.15) is 17.7 Å². The maximum atomic E-state index is 12.1. The van der Waals surface area contributed by atoms with Crippen molar-refractivity contribution >= 4 is 11.6 Å². The minimum atomic E-state index is -0.0677. The van der Waals surface area contributed by atoms with Gasteiger partial charge in [0.25, 0.3) is 0 Å². The Hall–Kier alpha value is -3.25. The molecule has 1 aromatic heterocycles. The average molecular weight is 315 g/mol. The second kappa shape index (κ2) is 7.34. The molecule has 0 atom stereocenters. The van der Waals surface area contributed by atoms with E-state index < -0.39 is 0 Å². The lowest BCUT2D eigenvalue weighted by Gasteiger charge is -2.05. The summed E-state index contributed by atoms with van der Waals surface area (Å²) in [5.41, 5.74) is 2.48. The molecule has 3 rings (SSSR count). The van der Waals surface area contributed by atoms with Gasteiger partial charge >= 0.3 is 0 Å². The first-order chi connectivity index (χ1) is 11.7. The molecule has 3 nitrogen and oxygen atoms in total. The fraction of sp³-hybridized carbons (Fsp3) is 0.0952. The lowest BCUT2D eigenvalue weighted by molar-refractivity contribution is -0.116. The molecule has 2 aromatic carbocycles. The van der Waals surface area contributed by atoms with Crippen LogP contribution in [0, 0.1) is 12.3 Å². The molecule has 1 N–H and O–H groups in total. The van der Waals surface area contributed by atoms with Gasteiger partial charge in [0.1, 0.15) is 11.5 Å². The van der Waals surface area contributed by atoms with Crippen LogP contribution in [-0.2, 0) is 11.2 Å². The molecule has 0 unspecified atom stereocenters. The Morgan fingerprint density at radius 1 is 1.04 bits per heavy atom. The zero-order valence-electron chi connectivity index (χ0n) is 13.2. The minimum Gasteiger partial charge on any atom is -0.461 e. The molecular formula is C21H17NO2.